The normalized spacial score (nSPS) is 34.5. The standard InChI is InChI=1S/C15H23ClF3NO/c16-13-8-4-1-5-10(13)9-20-14(21)11-6-2-3-7-12(11)15(17,18)19/h10-13H,1-9H2,(H,20,21). The summed E-state index contributed by atoms with van der Waals surface area (Å²) in [6.07, 6.45) is 1.44. The quantitative estimate of drug-likeness (QED) is 0.771. The Morgan fingerprint density at radius 2 is 1.67 bits per heavy atom. The number of halogens is 4. The van der Waals surface area contributed by atoms with E-state index in [4.69, 9.17) is 11.6 Å². The molecule has 21 heavy (non-hydrogen) atoms. The fraction of sp³-hybridized carbons (Fsp3) is 0.933. The molecule has 2 saturated carbocycles. The number of nitrogens with one attached hydrogen (secondary N) is 1. The minimum Gasteiger partial charge on any atom is -0.356 e. The number of carbonyl (C=O) groups is 1. The maximum atomic E-state index is 13.0. The van der Waals surface area contributed by atoms with E-state index in [0.29, 0.717) is 25.8 Å². The minimum atomic E-state index is -4.28. The molecule has 122 valence electrons. The van der Waals surface area contributed by atoms with Gasteiger partial charge in [0.25, 0.3) is 0 Å². The van der Waals surface area contributed by atoms with Gasteiger partial charge in [0.1, 0.15) is 0 Å². The number of carbonyl (C=O) groups excluding carboxylic acids is 1. The van der Waals surface area contributed by atoms with Crippen LogP contribution in [0.1, 0.15) is 51.4 Å². The predicted molar refractivity (Wildman–Crippen MR) is 76.1 cm³/mol. The lowest BCUT2D eigenvalue weighted by molar-refractivity contribution is -0.198. The van der Waals surface area contributed by atoms with Crippen molar-refractivity contribution in [2.45, 2.75) is 62.9 Å². The van der Waals surface area contributed by atoms with Crippen LogP contribution in [0.3, 0.4) is 0 Å². The average Bonchev–Trinajstić information content (AvgIpc) is 2.45. The zero-order valence-corrected chi connectivity index (χ0v) is 12.8. The summed E-state index contributed by atoms with van der Waals surface area (Å²) in [6, 6.07) is 0. The molecule has 2 aliphatic rings. The number of amides is 1. The van der Waals surface area contributed by atoms with Crippen molar-refractivity contribution in [3.05, 3.63) is 0 Å². The number of alkyl halides is 4. The Morgan fingerprint density at radius 1 is 1.05 bits per heavy atom. The van der Waals surface area contributed by atoms with Gasteiger partial charge in [-0.25, -0.2) is 0 Å². The smallest absolute Gasteiger partial charge is 0.356 e. The number of hydrogen-bond acceptors (Lipinski definition) is 1. The van der Waals surface area contributed by atoms with Crippen LogP contribution in [0.15, 0.2) is 0 Å². The molecule has 1 N–H and O–H groups in total. The summed E-state index contributed by atoms with van der Waals surface area (Å²) < 4.78 is 39.0. The molecule has 2 fully saturated rings. The minimum absolute atomic E-state index is 0.0313. The maximum absolute atomic E-state index is 13.0. The molecule has 0 aromatic rings. The van der Waals surface area contributed by atoms with Gasteiger partial charge < -0.3 is 5.32 Å². The zero-order chi connectivity index (χ0) is 15.5. The van der Waals surface area contributed by atoms with Crippen LogP contribution >= 0.6 is 11.6 Å². The molecule has 0 saturated heterocycles. The molecule has 0 spiro atoms. The Balaban J connectivity index is 1.88. The highest BCUT2D eigenvalue weighted by atomic mass is 35.5. The van der Waals surface area contributed by atoms with Gasteiger partial charge in [-0.3, -0.25) is 4.79 Å². The van der Waals surface area contributed by atoms with Gasteiger partial charge in [-0.15, -0.1) is 11.6 Å². The Bertz CT molecular complexity index is 361. The first-order valence-corrected chi connectivity index (χ1v) is 8.31. The summed E-state index contributed by atoms with van der Waals surface area (Å²) in [5, 5.41) is 2.76. The monoisotopic (exact) mass is 325 g/mol. The fourth-order valence-electron chi connectivity index (χ4n) is 3.59. The number of rotatable bonds is 3. The van der Waals surface area contributed by atoms with Gasteiger partial charge >= 0.3 is 6.18 Å². The SMILES string of the molecule is O=C(NCC1CCCCC1Cl)C1CCCCC1C(F)(F)F. The molecular formula is C15H23ClF3NO. The van der Waals surface area contributed by atoms with Gasteiger partial charge in [0.05, 0.1) is 5.92 Å². The highest BCUT2D eigenvalue weighted by Crippen LogP contribution is 2.41. The van der Waals surface area contributed by atoms with Crippen molar-refractivity contribution in [3.63, 3.8) is 0 Å². The Labute approximate surface area is 128 Å². The first-order valence-electron chi connectivity index (χ1n) is 7.88. The molecule has 0 aliphatic heterocycles. The van der Waals surface area contributed by atoms with Crippen molar-refractivity contribution in [1.82, 2.24) is 5.32 Å². The van der Waals surface area contributed by atoms with E-state index < -0.39 is 23.9 Å². The topological polar surface area (TPSA) is 29.1 Å². The van der Waals surface area contributed by atoms with Crippen LogP contribution in [0.25, 0.3) is 0 Å². The van der Waals surface area contributed by atoms with E-state index in [1.165, 1.54) is 0 Å². The summed E-state index contributed by atoms with van der Waals surface area (Å²) in [4.78, 5) is 12.2. The molecule has 0 radical (unpaired) electrons. The van der Waals surface area contributed by atoms with E-state index in [-0.39, 0.29) is 17.7 Å². The highest BCUT2D eigenvalue weighted by molar-refractivity contribution is 6.20. The summed E-state index contributed by atoms with van der Waals surface area (Å²) in [7, 11) is 0. The van der Waals surface area contributed by atoms with Gasteiger partial charge in [-0.2, -0.15) is 13.2 Å². The molecule has 4 atom stereocenters. The van der Waals surface area contributed by atoms with E-state index in [1.807, 2.05) is 0 Å². The molecule has 1 amide bonds. The van der Waals surface area contributed by atoms with E-state index in [9.17, 15) is 18.0 Å². The van der Waals surface area contributed by atoms with Crippen molar-refractivity contribution in [1.29, 1.82) is 0 Å². The van der Waals surface area contributed by atoms with Crippen LogP contribution in [0.4, 0.5) is 13.2 Å². The van der Waals surface area contributed by atoms with Crippen LogP contribution in [-0.4, -0.2) is 24.0 Å². The van der Waals surface area contributed by atoms with Gasteiger partial charge in [0.2, 0.25) is 5.91 Å². The van der Waals surface area contributed by atoms with Crippen molar-refractivity contribution >= 4 is 17.5 Å². The van der Waals surface area contributed by atoms with E-state index in [2.05, 4.69) is 5.32 Å². The van der Waals surface area contributed by atoms with Crippen molar-refractivity contribution in [3.8, 4) is 0 Å². The van der Waals surface area contributed by atoms with Crippen LogP contribution in [0.2, 0.25) is 0 Å². The zero-order valence-electron chi connectivity index (χ0n) is 12.1. The Morgan fingerprint density at radius 3 is 2.33 bits per heavy atom. The van der Waals surface area contributed by atoms with Crippen LogP contribution in [-0.2, 0) is 4.79 Å². The Hall–Kier alpha value is -0.450. The van der Waals surface area contributed by atoms with Crippen molar-refractivity contribution < 1.29 is 18.0 Å². The van der Waals surface area contributed by atoms with Crippen molar-refractivity contribution in [2.75, 3.05) is 6.54 Å². The highest BCUT2D eigenvalue weighted by Gasteiger charge is 2.48. The van der Waals surface area contributed by atoms with Gasteiger partial charge in [-0.1, -0.05) is 25.7 Å². The molecule has 0 aromatic carbocycles. The largest absolute Gasteiger partial charge is 0.392 e. The van der Waals surface area contributed by atoms with Crippen LogP contribution in [0, 0.1) is 17.8 Å². The second-order valence-electron chi connectivity index (χ2n) is 6.34. The van der Waals surface area contributed by atoms with Gasteiger partial charge in [0, 0.05) is 17.8 Å². The summed E-state index contributed by atoms with van der Waals surface area (Å²) >= 11 is 6.22. The molecule has 0 bridgehead atoms. The lowest BCUT2D eigenvalue weighted by atomic mass is 9.78. The predicted octanol–water partition coefficient (Wildman–Crippen LogP) is 4.27. The lowest BCUT2D eigenvalue weighted by Gasteiger charge is -2.33. The molecule has 2 rings (SSSR count). The molecule has 2 nitrogen and oxygen atoms in total. The van der Waals surface area contributed by atoms with Crippen LogP contribution < -0.4 is 5.32 Å². The first-order chi connectivity index (χ1) is 9.89. The third kappa shape index (κ3) is 4.51. The summed E-state index contributed by atoms with van der Waals surface area (Å²) in [5.41, 5.74) is 0. The molecule has 2 aliphatic carbocycles. The van der Waals surface area contributed by atoms with Gasteiger partial charge in [0.15, 0.2) is 0 Å². The lowest BCUT2D eigenvalue weighted by Crippen LogP contribution is -2.44. The summed E-state index contributed by atoms with van der Waals surface area (Å²) in [5.74, 6) is -2.65. The Kier molecular flexibility index (Phi) is 5.81. The second kappa shape index (κ2) is 7.21. The molecule has 0 heterocycles. The molecule has 0 aromatic heterocycles. The number of hydrogen-bond donors (Lipinski definition) is 1. The molecular weight excluding hydrogens is 303 g/mol. The third-order valence-corrected chi connectivity index (χ3v) is 5.45. The third-order valence-electron chi connectivity index (χ3n) is 4.88. The second-order valence-corrected chi connectivity index (χ2v) is 6.91. The fourth-order valence-corrected chi connectivity index (χ4v) is 3.96. The van der Waals surface area contributed by atoms with Gasteiger partial charge in [-0.05, 0) is 31.6 Å². The average molecular weight is 326 g/mol. The van der Waals surface area contributed by atoms with Crippen molar-refractivity contribution in [2.24, 2.45) is 17.8 Å². The summed E-state index contributed by atoms with van der Waals surface area (Å²) in [6.45, 7) is 0.411. The van der Waals surface area contributed by atoms with E-state index >= 15 is 0 Å². The van der Waals surface area contributed by atoms with E-state index in [0.717, 1.165) is 25.7 Å². The molecule has 6 heteroatoms. The van der Waals surface area contributed by atoms with Crippen LogP contribution in [0.5, 0.6) is 0 Å². The maximum Gasteiger partial charge on any atom is 0.392 e. The molecule has 4 unspecified atom stereocenters. The van der Waals surface area contributed by atoms with E-state index in [1.54, 1.807) is 0 Å². The first kappa shape index (κ1) is 16.9.